The van der Waals surface area contributed by atoms with E-state index in [4.69, 9.17) is 10.00 Å². The van der Waals surface area contributed by atoms with Gasteiger partial charge in [0.15, 0.2) is 0 Å². The van der Waals surface area contributed by atoms with E-state index in [0.717, 1.165) is 38.2 Å². The smallest absolute Gasteiger partial charge is 0.0961 e. The summed E-state index contributed by atoms with van der Waals surface area (Å²) in [5, 5.41) is 12.2. The predicted molar refractivity (Wildman–Crippen MR) is 63.6 cm³/mol. The summed E-state index contributed by atoms with van der Waals surface area (Å²) in [4.78, 5) is 4.62. The molecule has 3 nitrogen and oxygen atoms in total. The topological polar surface area (TPSA) is 45.9 Å². The number of hydrogen-bond donors (Lipinski definition) is 0. The second kappa shape index (κ2) is 5.42. The van der Waals surface area contributed by atoms with Gasteiger partial charge in [0.2, 0.25) is 0 Å². The largest absolute Gasteiger partial charge is 0.381 e. The lowest BCUT2D eigenvalue weighted by Crippen LogP contribution is -2.14. The SMILES string of the molecule is CCC(C#N)c1csc(C2CCOCC2)n1. The van der Waals surface area contributed by atoms with Gasteiger partial charge < -0.3 is 4.74 Å². The number of aromatic nitrogens is 1. The first kappa shape index (κ1) is 11.6. The molecule has 0 radical (unpaired) electrons. The number of nitrogens with zero attached hydrogens (tertiary/aromatic N) is 2. The summed E-state index contributed by atoms with van der Waals surface area (Å²) >= 11 is 1.70. The molecule has 1 aromatic heterocycles. The minimum Gasteiger partial charge on any atom is -0.381 e. The van der Waals surface area contributed by atoms with Crippen molar-refractivity contribution < 1.29 is 4.74 Å². The summed E-state index contributed by atoms with van der Waals surface area (Å²) < 4.78 is 5.34. The first-order valence-corrected chi connectivity index (χ1v) is 6.65. The van der Waals surface area contributed by atoms with E-state index in [1.165, 1.54) is 5.01 Å². The fourth-order valence-electron chi connectivity index (χ4n) is 1.96. The van der Waals surface area contributed by atoms with Crippen molar-refractivity contribution in [2.24, 2.45) is 0 Å². The fraction of sp³-hybridized carbons (Fsp3) is 0.667. The Labute approximate surface area is 100 Å². The maximum absolute atomic E-state index is 8.99. The fourth-order valence-corrected chi connectivity index (χ4v) is 3.00. The minimum absolute atomic E-state index is 0.0372. The molecule has 0 N–H and O–H groups in total. The molecule has 4 heteroatoms. The monoisotopic (exact) mass is 236 g/mol. The molecule has 1 fully saturated rings. The van der Waals surface area contributed by atoms with Crippen LogP contribution in [0.4, 0.5) is 0 Å². The molecule has 1 atom stereocenters. The Bertz CT molecular complexity index is 377. The van der Waals surface area contributed by atoms with Crippen molar-refractivity contribution in [1.29, 1.82) is 5.26 Å². The lowest BCUT2D eigenvalue weighted by molar-refractivity contribution is 0.0852. The van der Waals surface area contributed by atoms with Crippen LogP contribution in [0.1, 0.15) is 48.7 Å². The lowest BCUT2D eigenvalue weighted by Gasteiger charge is -2.19. The van der Waals surface area contributed by atoms with Crippen LogP contribution in [0.5, 0.6) is 0 Å². The summed E-state index contributed by atoms with van der Waals surface area (Å²) in [6.45, 7) is 3.71. The van der Waals surface area contributed by atoms with Gasteiger partial charge in [0, 0.05) is 24.5 Å². The van der Waals surface area contributed by atoms with Gasteiger partial charge in [-0.2, -0.15) is 5.26 Å². The first-order chi connectivity index (χ1) is 7.85. The van der Waals surface area contributed by atoms with Gasteiger partial charge in [-0.15, -0.1) is 11.3 Å². The Balaban J connectivity index is 2.09. The third-order valence-electron chi connectivity index (χ3n) is 3.03. The highest BCUT2D eigenvalue weighted by molar-refractivity contribution is 7.09. The maximum Gasteiger partial charge on any atom is 0.0961 e. The van der Waals surface area contributed by atoms with Gasteiger partial charge in [0.05, 0.1) is 22.7 Å². The van der Waals surface area contributed by atoms with Crippen molar-refractivity contribution in [3.05, 3.63) is 16.1 Å². The summed E-state index contributed by atoms with van der Waals surface area (Å²) in [6, 6.07) is 2.30. The molecule has 2 rings (SSSR count). The number of thiazole rings is 1. The Kier molecular flexibility index (Phi) is 3.92. The molecule has 1 unspecified atom stereocenters. The Morgan fingerprint density at radius 3 is 3.00 bits per heavy atom. The van der Waals surface area contributed by atoms with Gasteiger partial charge in [-0.1, -0.05) is 6.92 Å². The number of rotatable bonds is 3. The Hall–Kier alpha value is -0.920. The van der Waals surface area contributed by atoms with Crippen LogP contribution in [0.25, 0.3) is 0 Å². The highest BCUT2D eigenvalue weighted by Gasteiger charge is 2.20. The second-order valence-corrected chi connectivity index (χ2v) is 4.98. The average Bonchev–Trinajstić information content (AvgIpc) is 2.81. The predicted octanol–water partition coefficient (Wildman–Crippen LogP) is 3.05. The molecule has 0 bridgehead atoms. The minimum atomic E-state index is -0.0372. The zero-order chi connectivity index (χ0) is 11.4. The van der Waals surface area contributed by atoms with E-state index in [1.54, 1.807) is 11.3 Å². The molecule has 0 spiro atoms. The third-order valence-corrected chi connectivity index (χ3v) is 4.06. The van der Waals surface area contributed by atoms with Crippen LogP contribution in [0.15, 0.2) is 5.38 Å². The summed E-state index contributed by atoms with van der Waals surface area (Å²) in [5.74, 6) is 0.508. The highest BCUT2D eigenvalue weighted by atomic mass is 32.1. The molecule has 2 heterocycles. The van der Waals surface area contributed by atoms with Gasteiger partial charge in [0.1, 0.15) is 0 Å². The number of ether oxygens (including phenoxy) is 1. The van der Waals surface area contributed by atoms with Gasteiger partial charge >= 0.3 is 0 Å². The molecule has 0 saturated carbocycles. The standard InChI is InChI=1S/C12H16N2OS/c1-2-9(7-13)11-8-16-12(14-11)10-3-5-15-6-4-10/h8-10H,2-6H2,1H3. The van der Waals surface area contributed by atoms with E-state index >= 15 is 0 Å². The van der Waals surface area contributed by atoms with Crippen LogP contribution < -0.4 is 0 Å². The molecule has 0 aromatic carbocycles. The van der Waals surface area contributed by atoms with E-state index < -0.39 is 0 Å². The van der Waals surface area contributed by atoms with Crippen molar-refractivity contribution in [3.8, 4) is 6.07 Å². The summed E-state index contributed by atoms with van der Waals surface area (Å²) in [6.07, 6.45) is 2.97. The van der Waals surface area contributed by atoms with Crippen LogP contribution in [0, 0.1) is 11.3 Å². The zero-order valence-corrected chi connectivity index (χ0v) is 10.3. The van der Waals surface area contributed by atoms with Crippen LogP contribution in [0.2, 0.25) is 0 Å². The van der Waals surface area contributed by atoms with Crippen LogP contribution >= 0.6 is 11.3 Å². The first-order valence-electron chi connectivity index (χ1n) is 5.77. The molecular weight excluding hydrogens is 220 g/mol. The molecule has 86 valence electrons. The van der Waals surface area contributed by atoms with Crippen molar-refractivity contribution in [1.82, 2.24) is 4.98 Å². The molecular formula is C12H16N2OS. The van der Waals surface area contributed by atoms with E-state index in [9.17, 15) is 0 Å². The number of nitriles is 1. The van der Waals surface area contributed by atoms with Gasteiger partial charge in [-0.05, 0) is 19.3 Å². The molecule has 1 saturated heterocycles. The summed E-state index contributed by atoms with van der Waals surface area (Å²) in [5.41, 5.74) is 0.955. The second-order valence-electron chi connectivity index (χ2n) is 4.09. The molecule has 0 aliphatic carbocycles. The third kappa shape index (κ3) is 2.42. The van der Waals surface area contributed by atoms with Crippen molar-refractivity contribution >= 4 is 11.3 Å². The average molecular weight is 236 g/mol. The van der Waals surface area contributed by atoms with Crippen LogP contribution in [-0.2, 0) is 4.74 Å². The molecule has 1 aliphatic rings. The lowest BCUT2D eigenvalue weighted by atomic mass is 10.0. The Morgan fingerprint density at radius 2 is 2.38 bits per heavy atom. The number of hydrogen-bond acceptors (Lipinski definition) is 4. The van der Waals surface area contributed by atoms with Gasteiger partial charge in [-0.3, -0.25) is 0 Å². The van der Waals surface area contributed by atoms with E-state index in [2.05, 4.69) is 11.1 Å². The van der Waals surface area contributed by atoms with Crippen LogP contribution in [0.3, 0.4) is 0 Å². The van der Waals surface area contributed by atoms with Crippen LogP contribution in [-0.4, -0.2) is 18.2 Å². The van der Waals surface area contributed by atoms with Crippen molar-refractivity contribution in [3.63, 3.8) is 0 Å². The van der Waals surface area contributed by atoms with Gasteiger partial charge in [0.25, 0.3) is 0 Å². The molecule has 1 aliphatic heterocycles. The normalized spacial score (nSPS) is 19.2. The highest BCUT2D eigenvalue weighted by Crippen LogP contribution is 2.31. The van der Waals surface area contributed by atoms with E-state index in [-0.39, 0.29) is 5.92 Å². The van der Waals surface area contributed by atoms with Crippen molar-refractivity contribution in [2.45, 2.75) is 38.0 Å². The van der Waals surface area contributed by atoms with E-state index in [0.29, 0.717) is 5.92 Å². The molecule has 0 amide bonds. The zero-order valence-electron chi connectivity index (χ0n) is 9.48. The Morgan fingerprint density at radius 1 is 1.62 bits per heavy atom. The quantitative estimate of drug-likeness (QED) is 0.810. The molecule has 1 aromatic rings. The molecule has 16 heavy (non-hydrogen) atoms. The van der Waals surface area contributed by atoms with Gasteiger partial charge in [-0.25, -0.2) is 4.98 Å². The van der Waals surface area contributed by atoms with Crippen molar-refractivity contribution in [2.75, 3.05) is 13.2 Å². The van der Waals surface area contributed by atoms with E-state index in [1.807, 2.05) is 12.3 Å². The maximum atomic E-state index is 8.99. The summed E-state index contributed by atoms with van der Waals surface area (Å²) in [7, 11) is 0.